The molecule has 0 atom stereocenters. The maximum atomic E-state index is 3.78. The normalized spacial score (nSPS) is 14.8. The van der Waals surface area contributed by atoms with Gasteiger partial charge in [-0.3, -0.25) is 0 Å². The molecule has 1 heteroatoms. The van der Waals surface area contributed by atoms with Crippen molar-refractivity contribution in [2.45, 2.75) is 13.0 Å². The minimum Gasteiger partial charge on any atom is -0.198 e. The van der Waals surface area contributed by atoms with E-state index in [4.69, 9.17) is 0 Å². The molecule has 1 aliphatic rings. The van der Waals surface area contributed by atoms with Gasteiger partial charge in [-0.05, 0) is 11.6 Å². The molecule has 0 amide bonds. The van der Waals surface area contributed by atoms with Crippen molar-refractivity contribution in [3.05, 3.63) is 48.3 Å². The van der Waals surface area contributed by atoms with Crippen molar-refractivity contribution in [1.82, 2.24) is 0 Å². The summed E-state index contributed by atoms with van der Waals surface area (Å²) in [4.78, 5) is 0. The Balaban J connectivity index is 2.47. The first-order chi connectivity index (χ1) is 5.90. The highest BCUT2D eigenvalue weighted by Gasteiger charge is 2.12. The van der Waals surface area contributed by atoms with E-state index in [2.05, 4.69) is 41.6 Å². The minimum absolute atomic E-state index is 1.08. The molecule has 2 rings (SSSR count). The van der Waals surface area contributed by atoms with Crippen molar-refractivity contribution >= 4 is 6.08 Å². The number of rotatable bonds is 1. The number of allylic oxidation sites excluding steroid dienone is 2. The molecule has 0 saturated heterocycles. The first kappa shape index (κ1) is 7.29. The number of hydrogen-bond donors (Lipinski definition) is 0. The predicted octanol–water partition coefficient (Wildman–Crippen LogP) is 1.95. The van der Waals surface area contributed by atoms with E-state index in [0.29, 0.717) is 0 Å². The highest BCUT2D eigenvalue weighted by Crippen LogP contribution is 2.12. The lowest BCUT2D eigenvalue weighted by Gasteiger charge is -2.07. The van der Waals surface area contributed by atoms with E-state index in [1.54, 1.807) is 0 Å². The zero-order valence-corrected chi connectivity index (χ0v) is 7.03. The highest BCUT2D eigenvalue weighted by molar-refractivity contribution is 5.50. The number of pyridine rings is 1. The van der Waals surface area contributed by atoms with Crippen LogP contribution in [0.25, 0.3) is 6.08 Å². The molecule has 0 spiro atoms. The van der Waals surface area contributed by atoms with Gasteiger partial charge in [-0.15, -0.1) is 0 Å². The fourth-order valence-electron chi connectivity index (χ4n) is 1.50. The second-order valence-electron chi connectivity index (χ2n) is 2.99. The van der Waals surface area contributed by atoms with E-state index in [0.717, 1.165) is 13.0 Å². The van der Waals surface area contributed by atoms with Crippen LogP contribution in [0.4, 0.5) is 0 Å². The van der Waals surface area contributed by atoms with Gasteiger partial charge in [-0.25, -0.2) is 0 Å². The first-order valence-electron chi connectivity index (χ1n) is 4.21. The summed E-state index contributed by atoms with van der Waals surface area (Å²) in [6, 6.07) is 6.26. The summed E-state index contributed by atoms with van der Waals surface area (Å²) in [5.74, 6) is 0. The van der Waals surface area contributed by atoms with Crippen molar-refractivity contribution in [2.75, 3.05) is 0 Å². The van der Waals surface area contributed by atoms with Crippen LogP contribution in [-0.4, -0.2) is 0 Å². The van der Waals surface area contributed by atoms with Crippen LogP contribution >= 0.6 is 0 Å². The van der Waals surface area contributed by atoms with E-state index < -0.39 is 0 Å². The Labute approximate surface area is 72.7 Å². The van der Waals surface area contributed by atoms with Crippen molar-refractivity contribution in [2.24, 2.45) is 0 Å². The maximum Gasteiger partial charge on any atom is 0.205 e. The van der Waals surface area contributed by atoms with E-state index in [1.807, 2.05) is 6.08 Å². The molecule has 1 aliphatic heterocycles. The van der Waals surface area contributed by atoms with E-state index in [1.165, 1.54) is 11.3 Å². The molecule has 0 aliphatic carbocycles. The third-order valence-electron chi connectivity index (χ3n) is 2.21. The smallest absolute Gasteiger partial charge is 0.198 e. The van der Waals surface area contributed by atoms with Crippen LogP contribution in [0.15, 0.2) is 42.6 Å². The molecular weight excluding hydrogens is 146 g/mol. The van der Waals surface area contributed by atoms with Gasteiger partial charge in [0.05, 0.1) is 0 Å². The number of aromatic nitrogens is 1. The quantitative estimate of drug-likeness (QED) is 0.550. The SMILES string of the molecule is C=CC1=Cc2cccc[n+]2CC1. The van der Waals surface area contributed by atoms with E-state index in [9.17, 15) is 0 Å². The molecule has 0 saturated carbocycles. The zero-order chi connectivity index (χ0) is 8.39. The molecule has 0 fully saturated rings. The molecule has 2 heterocycles. The lowest BCUT2D eigenvalue weighted by molar-refractivity contribution is -0.699. The Morgan fingerprint density at radius 3 is 3.17 bits per heavy atom. The van der Waals surface area contributed by atoms with Crippen LogP contribution in [0.2, 0.25) is 0 Å². The van der Waals surface area contributed by atoms with Crippen LogP contribution in [0.1, 0.15) is 12.1 Å². The summed E-state index contributed by atoms with van der Waals surface area (Å²) in [6.45, 7) is 4.86. The minimum atomic E-state index is 1.08. The van der Waals surface area contributed by atoms with Crippen LogP contribution in [0.3, 0.4) is 0 Å². The van der Waals surface area contributed by atoms with Crippen LogP contribution in [-0.2, 0) is 6.54 Å². The largest absolute Gasteiger partial charge is 0.205 e. The van der Waals surface area contributed by atoms with Gasteiger partial charge >= 0.3 is 0 Å². The Bertz CT molecular complexity index is 337. The predicted molar refractivity (Wildman–Crippen MR) is 49.4 cm³/mol. The van der Waals surface area contributed by atoms with Gasteiger partial charge in [0.25, 0.3) is 0 Å². The highest BCUT2D eigenvalue weighted by atomic mass is 15.0. The molecule has 0 N–H and O–H groups in total. The Morgan fingerprint density at radius 2 is 2.33 bits per heavy atom. The topological polar surface area (TPSA) is 3.88 Å². The van der Waals surface area contributed by atoms with Crippen molar-refractivity contribution in [3.8, 4) is 0 Å². The van der Waals surface area contributed by atoms with Gasteiger partial charge in [-0.2, -0.15) is 4.57 Å². The fraction of sp³-hybridized carbons (Fsp3) is 0.182. The monoisotopic (exact) mass is 158 g/mol. The van der Waals surface area contributed by atoms with Gasteiger partial charge in [0, 0.05) is 24.6 Å². The molecule has 1 aromatic rings. The van der Waals surface area contributed by atoms with Gasteiger partial charge in [0.15, 0.2) is 12.7 Å². The number of aryl methyl sites for hydroxylation is 1. The standard InChI is InChI=1S/C11H12N/c1-2-10-6-8-12-7-4-3-5-11(12)9-10/h2-5,7,9H,1,6,8H2/q+1. The number of nitrogens with zero attached hydrogens (tertiary/aromatic N) is 1. The second-order valence-corrected chi connectivity index (χ2v) is 2.99. The average molecular weight is 158 g/mol. The van der Waals surface area contributed by atoms with E-state index in [-0.39, 0.29) is 0 Å². The molecule has 0 unspecified atom stereocenters. The Kier molecular flexibility index (Phi) is 1.78. The molecule has 0 aromatic carbocycles. The molecule has 1 aromatic heterocycles. The fourth-order valence-corrected chi connectivity index (χ4v) is 1.50. The second kappa shape index (κ2) is 2.94. The molecule has 0 bridgehead atoms. The molecular formula is C11H12N+. The average Bonchev–Trinajstić information content (AvgIpc) is 2.17. The third-order valence-corrected chi connectivity index (χ3v) is 2.21. The van der Waals surface area contributed by atoms with Crippen LogP contribution < -0.4 is 4.57 Å². The summed E-state index contributed by atoms with van der Waals surface area (Å²) < 4.78 is 2.26. The lowest BCUT2D eigenvalue weighted by Crippen LogP contribution is -2.38. The maximum absolute atomic E-state index is 3.78. The summed E-state index contributed by atoms with van der Waals surface area (Å²) in [6.07, 6.45) is 7.35. The van der Waals surface area contributed by atoms with Gasteiger partial charge in [-0.1, -0.05) is 12.7 Å². The van der Waals surface area contributed by atoms with Crippen molar-refractivity contribution in [1.29, 1.82) is 0 Å². The summed E-state index contributed by atoms with van der Waals surface area (Å²) in [7, 11) is 0. The van der Waals surface area contributed by atoms with Crippen molar-refractivity contribution in [3.63, 3.8) is 0 Å². The summed E-state index contributed by atoms with van der Waals surface area (Å²) >= 11 is 0. The summed E-state index contributed by atoms with van der Waals surface area (Å²) in [5, 5.41) is 0. The number of fused-ring (bicyclic) bond motifs is 1. The van der Waals surface area contributed by atoms with Crippen LogP contribution in [0.5, 0.6) is 0 Å². The van der Waals surface area contributed by atoms with Gasteiger partial charge in [0.1, 0.15) is 0 Å². The van der Waals surface area contributed by atoms with Crippen LogP contribution in [0, 0.1) is 0 Å². The van der Waals surface area contributed by atoms with Gasteiger partial charge in [0.2, 0.25) is 5.69 Å². The lowest BCUT2D eigenvalue weighted by atomic mass is 10.1. The Morgan fingerprint density at radius 1 is 1.42 bits per heavy atom. The molecule has 60 valence electrons. The molecule has 1 nitrogen and oxygen atoms in total. The Hall–Kier alpha value is -1.37. The summed E-state index contributed by atoms with van der Waals surface area (Å²) in [5.41, 5.74) is 2.61. The third kappa shape index (κ3) is 1.18. The molecule has 12 heavy (non-hydrogen) atoms. The van der Waals surface area contributed by atoms with Crippen molar-refractivity contribution < 1.29 is 4.57 Å². The number of hydrogen-bond acceptors (Lipinski definition) is 0. The van der Waals surface area contributed by atoms with E-state index >= 15 is 0 Å². The molecule has 0 radical (unpaired) electrons. The zero-order valence-electron chi connectivity index (χ0n) is 7.03. The van der Waals surface area contributed by atoms with Gasteiger partial charge < -0.3 is 0 Å². The first-order valence-corrected chi connectivity index (χ1v) is 4.21.